The third kappa shape index (κ3) is 3.37. The molecule has 0 bridgehead atoms. The summed E-state index contributed by atoms with van der Waals surface area (Å²) in [6, 6.07) is 13.3. The van der Waals surface area contributed by atoms with Crippen LogP contribution in [0.3, 0.4) is 0 Å². The van der Waals surface area contributed by atoms with Crippen LogP contribution in [-0.2, 0) is 6.61 Å². The molecule has 0 radical (unpaired) electrons. The molecule has 0 aliphatic carbocycles. The Kier molecular flexibility index (Phi) is 4.25. The van der Waals surface area contributed by atoms with Gasteiger partial charge in [0.2, 0.25) is 0 Å². The Labute approximate surface area is 114 Å². The minimum Gasteiger partial charge on any atom is -0.489 e. The zero-order valence-electron chi connectivity index (χ0n) is 11.6. The second-order valence-corrected chi connectivity index (χ2v) is 5.06. The summed E-state index contributed by atoms with van der Waals surface area (Å²) in [5, 5.41) is 0. The predicted molar refractivity (Wildman–Crippen MR) is 79.0 cm³/mol. The molecular formula is C16H18BFO. The smallest absolute Gasteiger partial charge is 0.169 e. The van der Waals surface area contributed by atoms with E-state index in [1.807, 2.05) is 30.3 Å². The van der Waals surface area contributed by atoms with Crippen molar-refractivity contribution in [3.8, 4) is 5.75 Å². The number of aryl methyl sites for hydroxylation is 1. The number of ether oxygens (including phenoxy) is 1. The van der Waals surface area contributed by atoms with E-state index in [1.54, 1.807) is 19.1 Å². The maximum Gasteiger partial charge on any atom is 0.169 e. The molecule has 0 atom stereocenters. The zero-order chi connectivity index (χ0) is 13.8. The molecule has 0 aliphatic heterocycles. The number of hydrogen-bond donors (Lipinski definition) is 0. The van der Waals surface area contributed by atoms with Crippen LogP contribution in [-0.4, -0.2) is 6.71 Å². The van der Waals surface area contributed by atoms with Crippen molar-refractivity contribution < 1.29 is 9.13 Å². The second kappa shape index (κ2) is 5.92. The van der Waals surface area contributed by atoms with Gasteiger partial charge < -0.3 is 4.74 Å². The maximum atomic E-state index is 13.8. The van der Waals surface area contributed by atoms with E-state index in [9.17, 15) is 4.39 Å². The van der Waals surface area contributed by atoms with Crippen molar-refractivity contribution in [3.63, 3.8) is 0 Å². The SMILES string of the molecule is CB(C)c1ccc(OCc2cccc(C)c2F)cc1. The predicted octanol–water partition coefficient (Wildman–Crippen LogP) is 3.67. The van der Waals surface area contributed by atoms with Gasteiger partial charge in [0, 0.05) is 5.56 Å². The normalized spacial score (nSPS) is 10.3. The molecule has 0 unspecified atom stereocenters. The lowest BCUT2D eigenvalue weighted by Gasteiger charge is -2.09. The number of rotatable bonds is 4. The molecule has 0 saturated carbocycles. The summed E-state index contributed by atoms with van der Waals surface area (Å²) >= 11 is 0. The first-order chi connectivity index (χ1) is 9.08. The van der Waals surface area contributed by atoms with Gasteiger partial charge in [-0.2, -0.15) is 0 Å². The summed E-state index contributed by atoms with van der Waals surface area (Å²) in [6.45, 7) is 6.82. The molecule has 19 heavy (non-hydrogen) atoms. The van der Waals surface area contributed by atoms with Crippen LogP contribution in [0.4, 0.5) is 4.39 Å². The van der Waals surface area contributed by atoms with Crippen LogP contribution < -0.4 is 10.2 Å². The van der Waals surface area contributed by atoms with E-state index in [-0.39, 0.29) is 12.4 Å². The van der Waals surface area contributed by atoms with E-state index in [1.165, 1.54) is 5.46 Å². The van der Waals surface area contributed by atoms with E-state index in [4.69, 9.17) is 4.74 Å². The van der Waals surface area contributed by atoms with E-state index in [0.29, 0.717) is 17.8 Å². The van der Waals surface area contributed by atoms with Crippen LogP contribution in [0, 0.1) is 12.7 Å². The lowest BCUT2D eigenvalue weighted by atomic mass is 9.49. The Morgan fingerprint density at radius 2 is 1.74 bits per heavy atom. The van der Waals surface area contributed by atoms with Crippen molar-refractivity contribution in [2.45, 2.75) is 27.2 Å². The summed E-state index contributed by atoms with van der Waals surface area (Å²) in [4.78, 5) is 0. The van der Waals surface area contributed by atoms with E-state index in [2.05, 4.69) is 13.6 Å². The van der Waals surface area contributed by atoms with Crippen molar-refractivity contribution in [2.75, 3.05) is 0 Å². The molecule has 98 valence electrons. The molecule has 0 saturated heterocycles. The fourth-order valence-electron chi connectivity index (χ4n) is 1.93. The molecule has 0 N–H and O–H groups in total. The Morgan fingerprint density at radius 3 is 2.37 bits per heavy atom. The number of benzene rings is 2. The monoisotopic (exact) mass is 256 g/mol. The van der Waals surface area contributed by atoms with Gasteiger partial charge in [-0.25, -0.2) is 4.39 Å². The Bertz CT molecular complexity index is 549. The molecule has 2 aromatic rings. The van der Waals surface area contributed by atoms with Crippen LogP contribution in [0.5, 0.6) is 5.75 Å². The highest BCUT2D eigenvalue weighted by atomic mass is 19.1. The first-order valence-electron chi connectivity index (χ1n) is 6.54. The largest absolute Gasteiger partial charge is 0.489 e. The van der Waals surface area contributed by atoms with E-state index < -0.39 is 0 Å². The summed E-state index contributed by atoms with van der Waals surface area (Å²) in [5.74, 6) is 0.589. The van der Waals surface area contributed by atoms with Crippen LogP contribution >= 0.6 is 0 Å². The van der Waals surface area contributed by atoms with Crippen LogP contribution in [0.2, 0.25) is 13.6 Å². The average molecular weight is 256 g/mol. The molecule has 0 aliphatic rings. The van der Waals surface area contributed by atoms with Gasteiger partial charge in [-0.1, -0.05) is 49.4 Å². The molecule has 0 fully saturated rings. The average Bonchev–Trinajstić information content (AvgIpc) is 2.41. The lowest BCUT2D eigenvalue weighted by molar-refractivity contribution is 0.299. The van der Waals surface area contributed by atoms with Gasteiger partial charge in [-0.15, -0.1) is 0 Å². The lowest BCUT2D eigenvalue weighted by Crippen LogP contribution is -2.21. The van der Waals surface area contributed by atoms with Gasteiger partial charge in [0.05, 0.1) is 0 Å². The Morgan fingerprint density at radius 1 is 1.05 bits per heavy atom. The summed E-state index contributed by atoms with van der Waals surface area (Å²) in [5.41, 5.74) is 2.51. The third-order valence-corrected chi connectivity index (χ3v) is 3.21. The number of hydrogen-bond acceptors (Lipinski definition) is 1. The van der Waals surface area contributed by atoms with Gasteiger partial charge in [-0.3, -0.25) is 0 Å². The fourth-order valence-corrected chi connectivity index (χ4v) is 1.93. The summed E-state index contributed by atoms with van der Waals surface area (Å²) < 4.78 is 19.4. The Hall–Kier alpha value is -1.77. The molecular weight excluding hydrogens is 238 g/mol. The zero-order valence-corrected chi connectivity index (χ0v) is 11.6. The van der Waals surface area contributed by atoms with E-state index >= 15 is 0 Å². The first-order valence-corrected chi connectivity index (χ1v) is 6.54. The summed E-state index contributed by atoms with van der Waals surface area (Å²) in [7, 11) is 0. The van der Waals surface area contributed by atoms with Gasteiger partial charge in [0.15, 0.2) is 6.71 Å². The molecule has 0 spiro atoms. The molecule has 0 aromatic heterocycles. The van der Waals surface area contributed by atoms with Crippen LogP contribution in [0.1, 0.15) is 11.1 Å². The number of halogens is 1. The van der Waals surface area contributed by atoms with Gasteiger partial charge >= 0.3 is 0 Å². The molecule has 0 heterocycles. The van der Waals surface area contributed by atoms with Crippen LogP contribution in [0.15, 0.2) is 42.5 Å². The van der Waals surface area contributed by atoms with Crippen molar-refractivity contribution in [1.29, 1.82) is 0 Å². The molecule has 2 rings (SSSR count). The molecule has 2 aromatic carbocycles. The maximum absolute atomic E-state index is 13.8. The Balaban J connectivity index is 2.04. The molecule has 0 amide bonds. The highest BCUT2D eigenvalue weighted by Gasteiger charge is 2.06. The first kappa shape index (κ1) is 13.7. The fraction of sp³-hybridized carbons (Fsp3) is 0.250. The molecule has 1 nitrogen and oxygen atoms in total. The minimum absolute atomic E-state index is 0.179. The molecule has 3 heteroatoms. The standard InChI is InChI=1S/C16H18BFO/c1-12-5-4-6-13(16(12)18)11-19-15-9-7-14(8-10-15)17(2)3/h4-10H,11H2,1-3H3. The van der Waals surface area contributed by atoms with Crippen molar-refractivity contribution >= 4 is 12.2 Å². The third-order valence-electron chi connectivity index (χ3n) is 3.21. The quantitative estimate of drug-likeness (QED) is 0.758. The van der Waals surface area contributed by atoms with Gasteiger partial charge in [0.25, 0.3) is 0 Å². The van der Waals surface area contributed by atoms with Crippen molar-refractivity contribution in [1.82, 2.24) is 0 Å². The van der Waals surface area contributed by atoms with Gasteiger partial charge in [0.1, 0.15) is 18.2 Å². The van der Waals surface area contributed by atoms with Gasteiger partial charge in [-0.05, 0) is 24.6 Å². The van der Waals surface area contributed by atoms with Crippen molar-refractivity contribution in [2.24, 2.45) is 0 Å². The highest BCUT2D eigenvalue weighted by Crippen LogP contribution is 2.15. The topological polar surface area (TPSA) is 9.23 Å². The van der Waals surface area contributed by atoms with Crippen LogP contribution in [0.25, 0.3) is 0 Å². The summed E-state index contributed by atoms with van der Waals surface area (Å²) in [6.07, 6.45) is 0. The van der Waals surface area contributed by atoms with Crippen molar-refractivity contribution in [3.05, 3.63) is 59.4 Å². The van der Waals surface area contributed by atoms with E-state index in [0.717, 1.165) is 5.75 Å². The highest BCUT2D eigenvalue weighted by molar-refractivity contribution is 6.70. The second-order valence-electron chi connectivity index (χ2n) is 5.06. The minimum atomic E-state index is -0.179.